The van der Waals surface area contributed by atoms with Crippen LogP contribution in [0.2, 0.25) is 0 Å². The summed E-state index contributed by atoms with van der Waals surface area (Å²) >= 11 is 0. The predicted octanol–water partition coefficient (Wildman–Crippen LogP) is 2.03. The Bertz CT molecular complexity index is 1160. The van der Waals surface area contributed by atoms with Gasteiger partial charge in [-0.2, -0.15) is 0 Å². The van der Waals surface area contributed by atoms with Gasteiger partial charge < -0.3 is 25.5 Å². The quantitative estimate of drug-likeness (QED) is 0.355. The van der Waals surface area contributed by atoms with Gasteiger partial charge in [-0.3, -0.25) is 14.4 Å². The highest BCUT2D eigenvalue weighted by Gasteiger charge is 2.39. The van der Waals surface area contributed by atoms with Gasteiger partial charge in [0.25, 0.3) is 0 Å². The second-order valence-electron chi connectivity index (χ2n) is 10.4. The molecule has 8 nitrogen and oxygen atoms in total. The molecular weight excluding hydrogens is 506 g/mol. The lowest BCUT2D eigenvalue weighted by Crippen LogP contribution is -2.61. The first kappa shape index (κ1) is 30.2. The van der Waals surface area contributed by atoms with Crippen molar-refractivity contribution in [2.24, 2.45) is 5.92 Å². The Balaban J connectivity index is 1.69. The maximum Gasteiger partial charge on any atom is 0.312 e. The summed E-state index contributed by atoms with van der Waals surface area (Å²) in [6.45, 7) is 6.33. The average molecular weight is 545 g/mol. The van der Waals surface area contributed by atoms with Gasteiger partial charge in [0.1, 0.15) is 18.2 Å². The SMILES string of the molecule is CCc1cccc(CNC[C@@H](O)[C@H](Cc2cc(F)cc(F)c2)NC(=O)CN2C[C@@H](C(C)C)N(C)C(=O)C2=O)c1. The van der Waals surface area contributed by atoms with Gasteiger partial charge in [-0.15, -0.1) is 0 Å². The zero-order valence-electron chi connectivity index (χ0n) is 22.9. The number of aryl methyl sites for hydroxylation is 1. The third kappa shape index (κ3) is 8.31. The molecule has 0 unspecified atom stereocenters. The number of aliphatic hydroxyl groups excluding tert-OH is 1. The number of aliphatic hydroxyl groups is 1. The Morgan fingerprint density at radius 1 is 1.05 bits per heavy atom. The zero-order chi connectivity index (χ0) is 28.7. The lowest BCUT2D eigenvalue weighted by atomic mass is 9.99. The van der Waals surface area contributed by atoms with E-state index >= 15 is 0 Å². The molecule has 1 heterocycles. The highest BCUT2D eigenvalue weighted by Crippen LogP contribution is 2.18. The van der Waals surface area contributed by atoms with Gasteiger partial charge in [-0.1, -0.05) is 45.0 Å². The van der Waals surface area contributed by atoms with Crippen molar-refractivity contribution in [3.05, 3.63) is 70.8 Å². The van der Waals surface area contributed by atoms with Gasteiger partial charge in [0, 0.05) is 32.7 Å². The molecule has 0 spiro atoms. The van der Waals surface area contributed by atoms with Crippen molar-refractivity contribution in [2.45, 2.75) is 58.3 Å². The molecule has 0 saturated carbocycles. The van der Waals surface area contributed by atoms with E-state index in [2.05, 4.69) is 23.6 Å². The van der Waals surface area contributed by atoms with E-state index in [1.165, 1.54) is 15.4 Å². The van der Waals surface area contributed by atoms with Crippen LogP contribution in [0, 0.1) is 17.6 Å². The normalized spacial score (nSPS) is 17.5. The second-order valence-corrected chi connectivity index (χ2v) is 10.4. The Morgan fingerprint density at radius 2 is 1.72 bits per heavy atom. The molecule has 10 heteroatoms. The maximum atomic E-state index is 13.8. The first-order chi connectivity index (χ1) is 18.5. The smallest absolute Gasteiger partial charge is 0.312 e. The van der Waals surface area contributed by atoms with Gasteiger partial charge in [0.15, 0.2) is 0 Å². The van der Waals surface area contributed by atoms with Crippen LogP contribution in [-0.4, -0.2) is 77.5 Å². The average Bonchev–Trinajstić information content (AvgIpc) is 2.87. The Kier molecular flexibility index (Phi) is 10.5. The minimum absolute atomic E-state index is 0.0428. The predicted molar refractivity (Wildman–Crippen MR) is 144 cm³/mol. The van der Waals surface area contributed by atoms with Gasteiger partial charge in [-0.25, -0.2) is 8.78 Å². The number of nitrogens with one attached hydrogen (secondary N) is 2. The fourth-order valence-electron chi connectivity index (χ4n) is 4.82. The minimum Gasteiger partial charge on any atom is -0.390 e. The standard InChI is InChI=1S/C29H38F2N4O4/c1-5-19-7-6-8-20(9-19)14-32-15-26(36)24(12-21-10-22(30)13-23(31)11-21)33-27(37)17-35-16-25(18(2)3)34(4)28(38)29(35)39/h6-11,13,18,24-26,32,36H,5,12,14-17H2,1-4H3,(H,33,37)/t24-,25-,26+/m0/s1. The van der Waals surface area contributed by atoms with Crippen LogP contribution < -0.4 is 10.6 Å². The number of amides is 3. The minimum atomic E-state index is -1.11. The molecule has 0 aliphatic carbocycles. The van der Waals surface area contributed by atoms with E-state index in [0.29, 0.717) is 6.54 Å². The summed E-state index contributed by atoms with van der Waals surface area (Å²) < 4.78 is 27.7. The fraction of sp³-hybridized carbons (Fsp3) is 0.483. The second kappa shape index (κ2) is 13.6. The maximum absolute atomic E-state index is 13.8. The van der Waals surface area contributed by atoms with Crippen LogP contribution in [0.5, 0.6) is 0 Å². The van der Waals surface area contributed by atoms with Crippen molar-refractivity contribution in [3.8, 4) is 0 Å². The monoisotopic (exact) mass is 544 g/mol. The first-order valence-corrected chi connectivity index (χ1v) is 13.3. The van der Waals surface area contributed by atoms with Gasteiger partial charge in [0.2, 0.25) is 5.91 Å². The molecule has 1 saturated heterocycles. The van der Waals surface area contributed by atoms with Crippen LogP contribution in [0.3, 0.4) is 0 Å². The van der Waals surface area contributed by atoms with Crippen LogP contribution in [0.4, 0.5) is 8.78 Å². The number of hydrogen-bond acceptors (Lipinski definition) is 5. The van der Waals surface area contributed by atoms with Gasteiger partial charge in [-0.05, 0) is 47.6 Å². The van der Waals surface area contributed by atoms with Crippen LogP contribution >= 0.6 is 0 Å². The van der Waals surface area contributed by atoms with E-state index in [1.807, 2.05) is 32.0 Å². The lowest BCUT2D eigenvalue weighted by molar-refractivity contribution is -0.159. The lowest BCUT2D eigenvalue weighted by Gasteiger charge is -2.40. The number of piperazine rings is 1. The molecule has 39 heavy (non-hydrogen) atoms. The molecule has 2 aromatic carbocycles. The number of benzene rings is 2. The highest BCUT2D eigenvalue weighted by molar-refractivity contribution is 6.35. The van der Waals surface area contributed by atoms with Crippen molar-refractivity contribution in [1.29, 1.82) is 0 Å². The van der Waals surface area contributed by atoms with E-state index in [-0.39, 0.29) is 43.6 Å². The Morgan fingerprint density at radius 3 is 2.36 bits per heavy atom. The van der Waals surface area contributed by atoms with Crippen molar-refractivity contribution < 1.29 is 28.3 Å². The third-order valence-corrected chi connectivity index (χ3v) is 7.07. The molecule has 1 fully saturated rings. The zero-order valence-corrected chi connectivity index (χ0v) is 22.9. The molecule has 3 rings (SSSR count). The van der Waals surface area contributed by atoms with Crippen molar-refractivity contribution >= 4 is 17.7 Å². The fourth-order valence-corrected chi connectivity index (χ4v) is 4.82. The van der Waals surface area contributed by atoms with Gasteiger partial charge >= 0.3 is 11.8 Å². The van der Waals surface area contributed by atoms with Crippen molar-refractivity contribution in [2.75, 3.05) is 26.7 Å². The summed E-state index contributed by atoms with van der Waals surface area (Å²) in [7, 11) is 1.57. The number of halogens is 2. The molecule has 3 N–H and O–H groups in total. The Hall–Kier alpha value is -3.37. The van der Waals surface area contributed by atoms with Gasteiger partial charge in [0.05, 0.1) is 18.2 Å². The number of carbonyl (C=O) groups excluding carboxylic acids is 3. The number of hydrogen-bond donors (Lipinski definition) is 3. The van der Waals surface area contributed by atoms with E-state index < -0.39 is 41.5 Å². The summed E-state index contributed by atoms with van der Waals surface area (Å²) in [6.07, 6.45) is -0.254. The van der Waals surface area contributed by atoms with Crippen LogP contribution in [0.15, 0.2) is 42.5 Å². The van der Waals surface area contributed by atoms with E-state index in [1.54, 1.807) is 7.05 Å². The number of carbonyl (C=O) groups is 3. The van der Waals surface area contributed by atoms with E-state index in [0.717, 1.165) is 30.2 Å². The van der Waals surface area contributed by atoms with Crippen LogP contribution in [0.25, 0.3) is 0 Å². The summed E-state index contributed by atoms with van der Waals surface area (Å²) in [4.78, 5) is 40.6. The summed E-state index contributed by atoms with van der Waals surface area (Å²) in [5, 5.41) is 16.9. The van der Waals surface area contributed by atoms with E-state index in [9.17, 15) is 28.3 Å². The summed E-state index contributed by atoms with van der Waals surface area (Å²) in [5.41, 5.74) is 2.48. The highest BCUT2D eigenvalue weighted by atomic mass is 19.1. The summed E-state index contributed by atoms with van der Waals surface area (Å²) in [5.74, 6) is -3.50. The largest absolute Gasteiger partial charge is 0.390 e. The molecular formula is C29H38F2N4O4. The number of rotatable bonds is 12. The van der Waals surface area contributed by atoms with E-state index in [4.69, 9.17) is 0 Å². The molecule has 3 amide bonds. The van der Waals surface area contributed by atoms with Crippen molar-refractivity contribution in [1.82, 2.24) is 20.4 Å². The molecule has 1 aliphatic rings. The number of nitrogens with zero attached hydrogens (tertiary/aromatic N) is 2. The van der Waals surface area contributed by atoms with Crippen LogP contribution in [-0.2, 0) is 33.8 Å². The molecule has 1 aliphatic heterocycles. The van der Waals surface area contributed by atoms with Crippen molar-refractivity contribution in [3.63, 3.8) is 0 Å². The molecule has 2 aromatic rings. The Labute approximate surface area is 228 Å². The molecule has 3 atom stereocenters. The van der Waals surface area contributed by atoms with Crippen LogP contribution in [0.1, 0.15) is 37.5 Å². The molecule has 0 radical (unpaired) electrons. The number of likely N-dealkylation sites (N-methyl/N-ethyl adjacent to an activating group) is 1. The molecule has 0 bridgehead atoms. The summed E-state index contributed by atoms with van der Waals surface area (Å²) in [6, 6.07) is 9.91. The first-order valence-electron chi connectivity index (χ1n) is 13.3. The molecule has 0 aromatic heterocycles. The third-order valence-electron chi connectivity index (χ3n) is 7.07. The topological polar surface area (TPSA) is 102 Å². The molecule has 212 valence electrons.